The molecule has 0 atom stereocenters. The van der Waals surface area contributed by atoms with E-state index in [0.717, 1.165) is 16.4 Å². The van der Waals surface area contributed by atoms with Gasteiger partial charge in [0.05, 0.1) is 34.6 Å². The molecule has 4 aromatic rings. The molecule has 0 aliphatic rings. The molecular formula is C24H23Cl2N5O4S. The molecule has 12 heteroatoms. The number of unbranched alkanes of at least 4 members (excludes halogenated alkanes) is 1. The van der Waals surface area contributed by atoms with Crippen molar-refractivity contribution in [2.45, 2.75) is 31.6 Å². The largest absolute Gasteiger partial charge is 0.464 e. The molecular weight excluding hydrogens is 525 g/mol. The van der Waals surface area contributed by atoms with Crippen molar-refractivity contribution >= 4 is 55.8 Å². The molecule has 2 aromatic carbocycles. The van der Waals surface area contributed by atoms with E-state index < -0.39 is 22.5 Å². The van der Waals surface area contributed by atoms with Gasteiger partial charge in [0.15, 0.2) is 5.82 Å². The van der Waals surface area contributed by atoms with Gasteiger partial charge in [-0.05, 0) is 61.9 Å². The van der Waals surface area contributed by atoms with Crippen molar-refractivity contribution in [3.05, 3.63) is 70.5 Å². The van der Waals surface area contributed by atoms with Crippen LogP contribution in [-0.2, 0) is 19.6 Å². The number of nitrogens with zero attached hydrogens (tertiary/aromatic N) is 5. The number of hydrogen-bond acceptors (Lipinski definition) is 7. The fourth-order valence-corrected chi connectivity index (χ4v) is 5.60. The summed E-state index contributed by atoms with van der Waals surface area (Å²) in [6, 6.07) is 12.5. The van der Waals surface area contributed by atoms with Crippen molar-refractivity contribution in [3.63, 3.8) is 0 Å². The normalized spacial score (nSPS) is 11.6. The van der Waals surface area contributed by atoms with Crippen LogP contribution in [0.25, 0.3) is 16.7 Å². The fourth-order valence-electron chi connectivity index (χ4n) is 3.48. The minimum absolute atomic E-state index is 0.146. The highest BCUT2D eigenvalue weighted by Gasteiger charge is 2.29. The number of aryl methyl sites for hydroxylation is 1. The predicted octanol–water partition coefficient (Wildman–Crippen LogP) is 4.97. The number of sulfonamides is 1. The number of ether oxygens (including phenoxy) is 1. The Morgan fingerprint density at radius 2 is 1.81 bits per heavy atom. The van der Waals surface area contributed by atoms with Crippen LogP contribution in [0.5, 0.6) is 0 Å². The van der Waals surface area contributed by atoms with Crippen LogP contribution in [0.2, 0.25) is 10.0 Å². The summed E-state index contributed by atoms with van der Waals surface area (Å²) >= 11 is 12.1. The van der Waals surface area contributed by atoms with Gasteiger partial charge in [-0.25, -0.2) is 13.1 Å². The molecule has 2 heterocycles. The second-order valence-electron chi connectivity index (χ2n) is 8.02. The van der Waals surface area contributed by atoms with E-state index in [1.165, 1.54) is 18.2 Å². The van der Waals surface area contributed by atoms with Gasteiger partial charge in [-0.2, -0.15) is 10.2 Å². The molecule has 0 spiro atoms. The van der Waals surface area contributed by atoms with Crippen molar-refractivity contribution in [2.75, 3.05) is 17.5 Å². The number of aromatic nitrogens is 4. The van der Waals surface area contributed by atoms with E-state index in [-0.39, 0.29) is 27.2 Å². The first-order valence-corrected chi connectivity index (χ1v) is 13.3. The zero-order valence-corrected chi connectivity index (χ0v) is 21.9. The molecule has 0 saturated carbocycles. The number of esters is 1. The van der Waals surface area contributed by atoms with Crippen molar-refractivity contribution in [2.24, 2.45) is 0 Å². The van der Waals surface area contributed by atoms with E-state index in [1.54, 1.807) is 35.1 Å². The minimum Gasteiger partial charge on any atom is -0.464 e. The summed E-state index contributed by atoms with van der Waals surface area (Å²) in [5.74, 6) is -0.160. The Kier molecular flexibility index (Phi) is 7.77. The van der Waals surface area contributed by atoms with Gasteiger partial charge in [-0.1, -0.05) is 36.5 Å². The van der Waals surface area contributed by atoms with Gasteiger partial charge in [-0.3, -0.25) is 9.10 Å². The molecule has 0 aliphatic carbocycles. The molecule has 0 saturated heterocycles. The first-order chi connectivity index (χ1) is 17.2. The van der Waals surface area contributed by atoms with E-state index in [2.05, 4.69) is 15.3 Å². The predicted molar refractivity (Wildman–Crippen MR) is 138 cm³/mol. The monoisotopic (exact) mass is 547 g/mol. The molecule has 0 bridgehead atoms. The summed E-state index contributed by atoms with van der Waals surface area (Å²) in [6.07, 6.45) is 3.10. The highest BCUT2D eigenvalue weighted by Crippen LogP contribution is 2.30. The zero-order chi connectivity index (χ0) is 25.9. The maximum atomic E-state index is 13.7. The molecule has 36 heavy (non-hydrogen) atoms. The number of benzene rings is 2. The van der Waals surface area contributed by atoms with Crippen LogP contribution in [0.1, 0.15) is 25.5 Å². The SMILES string of the molecule is CCCCOC(=O)CN(c1ccc2c(cnn2-c2ccc(C)nn2)c1)S(=O)(=O)c1cc(Cl)cc(Cl)c1. The summed E-state index contributed by atoms with van der Waals surface area (Å²) in [7, 11) is -4.23. The molecule has 188 valence electrons. The van der Waals surface area contributed by atoms with Gasteiger partial charge >= 0.3 is 5.97 Å². The van der Waals surface area contributed by atoms with E-state index in [4.69, 9.17) is 27.9 Å². The van der Waals surface area contributed by atoms with E-state index in [9.17, 15) is 13.2 Å². The Bertz CT molecular complexity index is 1490. The Labute approximate surface area is 218 Å². The van der Waals surface area contributed by atoms with Gasteiger partial charge in [0.1, 0.15) is 6.54 Å². The van der Waals surface area contributed by atoms with Crippen LogP contribution in [0.4, 0.5) is 5.69 Å². The maximum Gasteiger partial charge on any atom is 0.326 e. The number of fused-ring (bicyclic) bond motifs is 1. The van der Waals surface area contributed by atoms with Crippen LogP contribution < -0.4 is 4.31 Å². The van der Waals surface area contributed by atoms with Crippen molar-refractivity contribution in [1.29, 1.82) is 0 Å². The Hall–Kier alpha value is -3.21. The summed E-state index contributed by atoms with van der Waals surface area (Å²) in [5, 5.41) is 13.5. The molecule has 0 unspecified atom stereocenters. The average molecular weight is 548 g/mol. The lowest BCUT2D eigenvalue weighted by atomic mass is 10.2. The van der Waals surface area contributed by atoms with Crippen molar-refractivity contribution in [1.82, 2.24) is 20.0 Å². The van der Waals surface area contributed by atoms with Gasteiger partial charge in [0.25, 0.3) is 10.0 Å². The van der Waals surface area contributed by atoms with E-state index in [0.29, 0.717) is 23.1 Å². The molecule has 0 amide bonds. The maximum absolute atomic E-state index is 13.7. The van der Waals surface area contributed by atoms with Crippen molar-refractivity contribution in [3.8, 4) is 5.82 Å². The number of carbonyl (C=O) groups is 1. The topological polar surface area (TPSA) is 107 Å². The third-order valence-electron chi connectivity index (χ3n) is 5.30. The van der Waals surface area contributed by atoms with Gasteiger partial charge in [0.2, 0.25) is 0 Å². The van der Waals surface area contributed by atoms with Crippen LogP contribution in [0, 0.1) is 6.92 Å². The van der Waals surface area contributed by atoms with Crippen LogP contribution >= 0.6 is 23.2 Å². The van der Waals surface area contributed by atoms with Crippen LogP contribution in [0.15, 0.2) is 59.6 Å². The highest BCUT2D eigenvalue weighted by molar-refractivity contribution is 7.92. The molecule has 0 radical (unpaired) electrons. The molecule has 9 nitrogen and oxygen atoms in total. The first-order valence-electron chi connectivity index (χ1n) is 11.1. The Balaban J connectivity index is 1.76. The molecule has 4 rings (SSSR count). The fraction of sp³-hybridized carbons (Fsp3) is 0.250. The summed E-state index contributed by atoms with van der Waals surface area (Å²) in [4.78, 5) is 12.4. The third kappa shape index (κ3) is 5.61. The van der Waals surface area contributed by atoms with Gasteiger partial charge in [-0.15, -0.1) is 5.10 Å². The smallest absolute Gasteiger partial charge is 0.326 e. The number of anilines is 1. The average Bonchev–Trinajstić information content (AvgIpc) is 3.26. The summed E-state index contributed by atoms with van der Waals surface area (Å²) in [5.41, 5.74) is 1.71. The molecule has 2 aromatic heterocycles. The lowest BCUT2D eigenvalue weighted by Gasteiger charge is -2.24. The number of halogens is 2. The van der Waals surface area contributed by atoms with Gasteiger partial charge < -0.3 is 4.74 Å². The number of hydrogen-bond donors (Lipinski definition) is 0. The van der Waals surface area contributed by atoms with Crippen LogP contribution in [0.3, 0.4) is 0 Å². The highest BCUT2D eigenvalue weighted by atomic mass is 35.5. The lowest BCUT2D eigenvalue weighted by molar-refractivity contribution is -0.141. The number of rotatable bonds is 9. The number of carbonyl (C=O) groups excluding carboxylic acids is 1. The Morgan fingerprint density at radius 3 is 2.47 bits per heavy atom. The van der Waals surface area contributed by atoms with E-state index >= 15 is 0 Å². The second-order valence-corrected chi connectivity index (χ2v) is 10.8. The summed E-state index contributed by atoms with van der Waals surface area (Å²) < 4.78 is 35.1. The molecule has 0 aliphatic heterocycles. The second kappa shape index (κ2) is 10.8. The van der Waals surface area contributed by atoms with Crippen LogP contribution in [-0.4, -0.2) is 47.5 Å². The zero-order valence-electron chi connectivity index (χ0n) is 19.6. The quantitative estimate of drug-likeness (QED) is 0.215. The van der Waals surface area contributed by atoms with Crippen molar-refractivity contribution < 1.29 is 17.9 Å². The third-order valence-corrected chi connectivity index (χ3v) is 7.49. The standard InChI is InChI=1S/C24H23Cl2N5O4S/c1-3-4-9-35-24(32)15-30(36(33,34)21-12-18(25)11-19(26)13-21)20-6-7-22-17(10-20)14-27-31(22)23-8-5-16(2)28-29-23/h5-8,10-14H,3-4,9,15H2,1-2H3. The Morgan fingerprint density at radius 1 is 1.06 bits per heavy atom. The van der Waals surface area contributed by atoms with Gasteiger partial charge in [0, 0.05) is 15.4 Å². The molecule has 0 N–H and O–H groups in total. The van der Waals surface area contributed by atoms with E-state index in [1.807, 2.05) is 19.9 Å². The molecule has 0 fully saturated rings. The lowest BCUT2D eigenvalue weighted by Crippen LogP contribution is -2.36. The first kappa shape index (κ1) is 25.9. The minimum atomic E-state index is -4.23. The summed E-state index contributed by atoms with van der Waals surface area (Å²) in [6.45, 7) is 3.47.